The van der Waals surface area contributed by atoms with E-state index >= 15 is 0 Å². The van der Waals surface area contributed by atoms with Crippen molar-refractivity contribution in [1.29, 1.82) is 0 Å². The van der Waals surface area contributed by atoms with Crippen LogP contribution in [0.15, 0.2) is 42.0 Å². The van der Waals surface area contributed by atoms with Gasteiger partial charge >= 0.3 is 0 Å². The second-order valence-corrected chi connectivity index (χ2v) is 5.88. The van der Waals surface area contributed by atoms with Crippen LogP contribution >= 0.6 is 11.6 Å². The van der Waals surface area contributed by atoms with Gasteiger partial charge in [0, 0.05) is 16.8 Å². The number of nitro groups is 1. The van der Waals surface area contributed by atoms with Gasteiger partial charge < -0.3 is 9.84 Å². The van der Waals surface area contributed by atoms with Crippen molar-refractivity contribution >= 4 is 40.9 Å². The van der Waals surface area contributed by atoms with Gasteiger partial charge in [-0.2, -0.15) is 0 Å². The molecule has 1 saturated heterocycles. The van der Waals surface area contributed by atoms with Crippen LogP contribution in [-0.4, -0.2) is 23.8 Å². The lowest BCUT2D eigenvalue weighted by Crippen LogP contribution is -2.35. The zero-order chi connectivity index (χ0) is 19.7. The number of hydrazine groups is 1. The van der Waals surface area contributed by atoms with Crippen LogP contribution in [0, 0.1) is 10.1 Å². The van der Waals surface area contributed by atoms with Crippen molar-refractivity contribution in [2.24, 2.45) is 0 Å². The molecule has 3 rings (SSSR count). The summed E-state index contributed by atoms with van der Waals surface area (Å²) in [5.41, 5.74) is 1.92. The predicted molar refractivity (Wildman–Crippen MR) is 94.2 cm³/mol. The van der Waals surface area contributed by atoms with Gasteiger partial charge in [-0.3, -0.25) is 25.1 Å². The maximum atomic E-state index is 12.6. The van der Waals surface area contributed by atoms with Gasteiger partial charge in [0.25, 0.3) is 17.5 Å². The number of benzene rings is 2. The molecule has 0 unspecified atom stereocenters. The van der Waals surface area contributed by atoms with E-state index in [1.54, 1.807) is 24.3 Å². The molecule has 2 aromatic rings. The molecule has 1 heterocycles. The van der Waals surface area contributed by atoms with Gasteiger partial charge in [-0.05, 0) is 42.0 Å². The van der Waals surface area contributed by atoms with Crippen molar-refractivity contribution in [3.63, 3.8) is 0 Å². The largest absolute Gasteiger partial charge is 0.865 e. The highest BCUT2D eigenvalue weighted by Gasteiger charge is 2.34. The first-order chi connectivity index (χ1) is 12.8. The number of carbonyl (C=O) groups excluding carboxylic acids is 2. The fourth-order valence-electron chi connectivity index (χ4n) is 2.47. The Labute approximate surface area is 157 Å². The number of ether oxygens (including phenoxy) is 1. The number of anilines is 1. The highest BCUT2D eigenvalue weighted by Crippen LogP contribution is 2.35. The quantitative estimate of drug-likeness (QED) is 0.368. The molecule has 27 heavy (non-hydrogen) atoms. The number of amides is 2. The second kappa shape index (κ2) is 6.96. The zero-order valence-electron chi connectivity index (χ0n) is 13.8. The van der Waals surface area contributed by atoms with E-state index in [9.17, 15) is 24.8 Å². The highest BCUT2D eigenvalue weighted by molar-refractivity contribution is 6.32. The molecule has 0 radical (unpaired) electrons. The molecule has 138 valence electrons. The first-order valence-electron chi connectivity index (χ1n) is 7.48. The number of nitrogens with one attached hydrogen (secondary N) is 1. The Morgan fingerprint density at radius 1 is 1.22 bits per heavy atom. The maximum absolute atomic E-state index is 12.6. The molecule has 0 aromatic heterocycles. The second-order valence-electron chi connectivity index (χ2n) is 5.44. The third kappa shape index (κ3) is 3.40. The number of hydrogen-bond acceptors (Lipinski definition) is 6. The lowest BCUT2D eigenvalue weighted by Gasteiger charge is -2.14. The summed E-state index contributed by atoms with van der Waals surface area (Å²) in [4.78, 5) is 34.9. The van der Waals surface area contributed by atoms with Gasteiger partial charge in [0.05, 0.1) is 17.7 Å². The van der Waals surface area contributed by atoms with Crippen molar-refractivity contribution in [2.45, 2.75) is 0 Å². The van der Waals surface area contributed by atoms with Gasteiger partial charge in [0.2, 0.25) is 0 Å². The van der Waals surface area contributed by atoms with Crippen LogP contribution in [0.5, 0.6) is 11.5 Å². The summed E-state index contributed by atoms with van der Waals surface area (Å²) in [7, 11) is 1.19. The molecule has 9 nitrogen and oxygen atoms in total. The van der Waals surface area contributed by atoms with E-state index in [-0.39, 0.29) is 16.9 Å². The van der Waals surface area contributed by atoms with Crippen molar-refractivity contribution in [3.05, 3.63) is 62.7 Å². The Balaban J connectivity index is 2.01. The van der Waals surface area contributed by atoms with Gasteiger partial charge in [0.1, 0.15) is 11.3 Å². The Bertz CT molecular complexity index is 987. The fourth-order valence-corrected chi connectivity index (χ4v) is 2.60. The topological polar surface area (TPSA) is 125 Å². The normalized spacial score (nSPS) is 15.2. The first-order valence-corrected chi connectivity index (χ1v) is 7.85. The Hall–Kier alpha value is -3.59. The number of nitro benzene ring substituents is 1. The monoisotopic (exact) mass is 388 g/mol. The van der Waals surface area contributed by atoms with E-state index in [0.717, 1.165) is 17.2 Å². The highest BCUT2D eigenvalue weighted by atomic mass is 35.5. The molecule has 0 aliphatic carbocycles. The van der Waals surface area contributed by atoms with E-state index in [0.29, 0.717) is 10.7 Å². The van der Waals surface area contributed by atoms with Crippen LogP contribution in [0.2, 0.25) is 5.02 Å². The molecule has 2 aromatic carbocycles. The van der Waals surface area contributed by atoms with Crippen LogP contribution in [0.3, 0.4) is 0 Å². The number of hydrogen-bond donors (Lipinski definition) is 1. The molecule has 2 amide bonds. The Morgan fingerprint density at radius 3 is 2.48 bits per heavy atom. The molecule has 0 saturated carbocycles. The van der Waals surface area contributed by atoms with E-state index < -0.39 is 28.2 Å². The number of methoxy groups -OCH3 is 1. The number of carbonyl (C=O) groups is 2. The van der Waals surface area contributed by atoms with Crippen LogP contribution < -0.4 is 20.3 Å². The standard InChI is InChI=1S/C17H12ClN3O6/c1-27-14-8-9(7-13(15(14)22)21(25)26)6-12-16(23)19-20(17(12)24)11-4-2-10(18)3-5-11/h2-8,22H,1H3,(H,19,23)/p-1/b12-6-. The molecule has 0 spiro atoms. The molecule has 0 atom stereocenters. The number of nitrogens with zero attached hydrogens (tertiary/aromatic N) is 2. The summed E-state index contributed by atoms with van der Waals surface area (Å²) in [5, 5.41) is 24.4. The van der Waals surface area contributed by atoms with Crippen LogP contribution in [0.1, 0.15) is 5.56 Å². The van der Waals surface area contributed by atoms with E-state index in [2.05, 4.69) is 5.43 Å². The third-order valence-corrected chi connectivity index (χ3v) is 4.01. The predicted octanol–water partition coefficient (Wildman–Crippen LogP) is 1.79. The molecule has 1 fully saturated rings. The van der Waals surface area contributed by atoms with Crippen LogP contribution in [-0.2, 0) is 9.59 Å². The number of halogens is 1. The smallest absolute Gasteiger partial charge is 0.282 e. The van der Waals surface area contributed by atoms with E-state index in [1.807, 2.05) is 0 Å². The van der Waals surface area contributed by atoms with Crippen molar-refractivity contribution in [2.75, 3.05) is 12.1 Å². The summed E-state index contributed by atoms with van der Waals surface area (Å²) in [6.45, 7) is 0. The SMILES string of the molecule is COc1cc(/C=C2/C(=O)NN(c3ccc(Cl)cc3)C2=O)cc([N+](=O)[O-])c1[O-]. The van der Waals surface area contributed by atoms with Crippen molar-refractivity contribution < 1.29 is 24.4 Å². The minimum atomic E-state index is -0.894. The van der Waals surface area contributed by atoms with Gasteiger partial charge in [0.15, 0.2) is 0 Å². The van der Waals surface area contributed by atoms with Gasteiger partial charge in [-0.15, -0.1) is 0 Å². The van der Waals surface area contributed by atoms with E-state index in [1.165, 1.54) is 13.2 Å². The summed E-state index contributed by atoms with van der Waals surface area (Å²) >= 11 is 5.81. The zero-order valence-corrected chi connectivity index (χ0v) is 14.5. The Morgan fingerprint density at radius 2 is 1.89 bits per heavy atom. The average Bonchev–Trinajstić information content (AvgIpc) is 2.91. The molecular weight excluding hydrogens is 378 g/mol. The molecule has 1 N–H and O–H groups in total. The van der Waals surface area contributed by atoms with Crippen LogP contribution in [0.25, 0.3) is 6.08 Å². The van der Waals surface area contributed by atoms with Crippen molar-refractivity contribution in [1.82, 2.24) is 5.43 Å². The minimum Gasteiger partial charge on any atom is -0.865 e. The summed E-state index contributed by atoms with van der Waals surface area (Å²) < 4.78 is 4.84. The summed E-state index contributed by atoms with van der Waals surface area (Å²) in [5.74, 6) is -2.51. The average molecular weight is 389 g/mol. The Kier molecular flexibility index (Phi) is 4.70. The van der Waals surface area contributed by atoms with E-state index in [4.69, 9.17) is 16.3 Å². The third-order valence-electron chi connectivity index (χ3n) is 3.76. The lowest BCUT2D eigenvalue weighted by atomic mass is 10.1. The lowest BCUT2D eigenvalue weighted by molar-refractivity contribution is -0.398. The molecule has 0 bridgehead atoms. The molecule has 1 aliphatic heterocycles. The minimum absolute atomic E-state index is 0.106. The van der Waals surface area contributed by atoms with Gasteiger partial charge in [-0.25, -0.2) is 5.01 Å². The fraction of sp³-hybridized carbons (Fsp3) is 0.0588. The first kappa shape index (κ1) is 18.2. The molecule has 10 heteroatoms. The molecular formula is C17H11ClN3O6-. The molecule has 1 aliphatic rings. The van der Waals surface area contributed by atoms with Crippen LogP contribution in [0.4, 0.5) is 11.4 Å². The maximum Gasteiger partial charge on any atom is 0.282 e. The summed E-state index contributed by atoms with van der Waals surface area (Å²) in [6, 6.07) is 8.39. The van der Waals surface area contributed by atoms with Crippen molar-refractivity contribution in [3.8, 4) is 11.5 Å². The number of rotatable bonds is 4. The van der Waals surface area contributed by atoms with Gasteiger partial charge in [-0.1, -0.05) is 11.6 Å². The summed E-state index contributed by atoms with van der Waals surface area (Å²) in [6.07, 6.45) is 1.16.